The Bertz CT molecular complexity index is 697. The van der Waals surface area contributed by atoms with Gasteiger partial charge in [-0.2, -0.15) is 0 Å². The molecule has 1 heterocycles. The highest BCUT2D eigenvalue weighted by molar-refractivity contribution is 6.30. The van der Waals surface area contributed by atoms with Crippen molar-refractivity contribution < 1.29 is 4.79 Å². The molecule has 2 aromatic rings. The lowest BCUT2D eigenvalue weighted by atomic mass is 10.1. The second kappa shape index (κ2) is 9.17. The monoisotopic (exact) mass is 371 g/mol. The Morgan fingerprint density at radius 2 is 1.62 bits per heavy atom. The SMILES string of the molecule is C[C@@H](NC(=O)CN1CCN(Cc2ccc(Cl)cc2)CC1)c1ccccc1. The molecule has 1 saturated heterocycles. The summed E-state index contributed by atoms with van der Waals surface area (Å²) in [4.78, 5) is 17.0. The summed E-state index contributed by atoms with van der Waals surface area (Å²) in [5.41, 5.74) is 2.41. The molecular formula is C21H26ClN3O. The van der Waals surface area contributed by atoms with Crippen LogP contribution in [0.2, 0.25) is 5.02 Å². The maximum atomic E-state index is 12.3. The maximum absolute atomic E-state index is 12.3. The van der Waals surface area contributed by atoms with Crippen LogP contribution in [0.4, 0.5) is 0 Å². The lowest BCUT2D eigenvalue weighted by Crippen LogP contribution is -2.49. The molecule has 1 N–H and O–H groups in total. The zero-order valence-corrected chi connectivity index (χ0v) is 16.0. The number of carbonyl (C=O) groups is 1. The number of nitrogens with one attached hydrogen (secondary N) is 1. The first-order valence-corrected chi connectivity index (χ1v) is 9.51. The van der Waals surface area contributed by atoms with E-state index in [2.05, 4.69) is 27.2 Å². The van der Waals surface area contributed by atoms with E-state index in [4.69, 9.17) is 11.6 Å². The number of rotatable bonds is 6. The van der Waals surface area contributed by atoms with Crippen LogP contribution >= 0.6 is 11.6 Å². The predicted molar refractivity (Wildman–Crippen MR) is 106 cm³/mol. The van der Waals surface area contributed by atoms with Crippen LogP contribution in [0.15, 0.2) is 54.6 Å². The van der Waals surface area contributed by atoms with Crippen LogP contribution in [0, 0.1) is 0 Å². The molecule has 2 aromatic carbocycles. The molecule has 138 valence electrons. The van der Waals surface area contributed by atoms with Crippen molar-refractivity contribution in [1.82, 2.24) is 15.1 Å². The molecule has 0 bridgehead atoms. The van der Waals surface area contributed by atoms with Gasteiger partial charge in [0.05, 0.1) is 12.6 Å². The van der Waals surface area contributed by atoms with Crippen molar-refractivity contribution in [2.45, 2.75) is 19.5 Å². The Labute approximate surface area is 160 Å². The van der Waals surface area contributed by atoms with E-state index in [-0.39, 0.29) is 11.9 Å². The number of amides is 1. The molecule has 0 aromatic heterocycles. The number of halogens is 1. The third kappa shape index (κ3) is 5.56. The molecule has 26 heavy (non-hydrogen) atoms. The zero-order valence-electron chi connectivity index (χ0n) is 15.2. The average molecular weight is 372 g/mol. The largest absolute Gasteiger partial charge is 0.348 e. The fourth-order valence-corrected chi connectivity index (χ4v) is 3.39. The number of carbonyl (C=O) groups excluding carboxylic acids is 1. The molecule has 0 unspecified atom stereocenters. The Hall–Kier alpha value is -1.88. The van der Waals surface area contributed by atoms with Crippen molar-refractivity contribution in [3.05, 3.63) is 70.7 Å². The first-order valence-electron chi connectivity index (χ1n) is 9.13. The summed E-state index contributed by atoms with van der Waals surface area (Å²) >= 11 is 5.94. The van der Waals surface area contributed by atoms with E-state index in [1.165, 1.54) is 5.56 Å². The van der Waals surface area contributed by atoms with Gasteiger partial charge in [0.1, 0.15) is 0 Å². The van der Waals surface area contributed by atoms with Crippen molar-refractivity contribution >= 4 is 17.5 Å². The third-order valence-corrected chi connectivity index (χ3v) is 5.08. The fourth-order valence-electron chi connectivity index (χ4n) is 3.27. The molecule has 1 aliphatic rings. The molecule has 4 nitrogen and oxygen atoms in total. The van der Waals surface area contributed by atoms with Crippen LogP contribution in [0.1, 0.15) is 24.1 Å². The second-order valence-electron chi connectivity index (χ2n) is 6.88. The van der Waals surface area contributed by atoms with E-state index in [1.807, 2.05) is 49.4 Å². The number of hydrogen-bond donors (Lipinski definition) is 1. The van der Waals surface area contributed by atoms with Crippen molar-refractivity contribution in [2.75, 3.05) is 32.7 Å². The Morgan fingerprint density at radius 1 is 1.00 bits per heavy atom. The molecule has 5 heteroatoms. The minimum Gasteiger partial charge on any atom is -0.348 e. The summed E-state index contributed by atoms with van der Waals surface area (Å²) in [6.45, 7) is 7.21. The lowest BCUT2D eigenvalue weighted by Gasteiger charge is -2.34. The molecule has 1 fully saturated rings. The zero-order chi connectivity index (χ0) is 18.4. The van der Waals surface area contributed by atoms with Crippen LogP contribution in [-0.4, -0.2) is 48.4 Å². The van der Waals surface area contributed by atoms with Crippen LogP contribution in [0.25, 0.3) is 0 Å². The first-order chi connectivity index (χ1) is 12.6. The summed E-state index contributed by atoms with van der Waals surface area (Å²) < 4.78 is 0. The Morgan fingerprint density at radius 3 is 2.27 bits per heavy atom. The standard InChI is InChI=1S/C21H26ClN3O/c1-17(19-5-3-2-4-6-19)23-21(26)16-25-13-11-24(12-14-25)15-18-7-9-20(22)10-8-18/h2-10,17H,11-16H2,1H3,(H,23,26)/t17-/m1/s1. The van der Waals surface area contributed by atoms with Gasteiger partial charge in [-0.05, 0) is 30.2 Å². The number of benzene rings is 2. The van der Waals surface area contributed by atoms with Gasteiger partial charge < -0.3 is 5.32 Å². The Kier molecular flexibility index (Phi) is 6.67. The van der Waals surface area contributed by atoms with Crippen LogP contribution < -0.4 is 5.32 Å². The summed E-state index contributed by atoms with van der Waals surface area (Å²) in [7, 11) is 0. The number of piperazine rings is 1. The van der Waals surface area contributed by atoms with E-state index in [0.717, 1.165) is 43.3 Å². The molecule has 0 radical (unpaired) electrons. The van der Waals surface area contributed by atoms with Gasteiger partial charge in [0.25, 0.3) is 0 Å². The molecule has 1 amide bonds. The summed E-state index contributed by atoms with van der Waals surface area (Å²) in [6, 6.07) is 18.1. The number of hydrogen-bond acceptors (Lipinski definition) is 3. The molecule has 0 spiro atoms. The minimum atomic E-state index is 0.0369. The molecule has 0 saturated carbocycles. The normalized spacial score (nSPS) is 17.0. The highest BCUT2D eigenvalue weighted by atomic mass is 35.5. The quantitative estimate of drug-likeness (QED) is 0.846. The van der Waals surface area contributed by atoms with E-state index < -0.39 is 0 Å². The topological polar surface area (TPSA) is 35.6 Å². The third-order valence-electron chi connectivity index (χ3n) is 4.83. The molecule has 3 rings (SSSR count). The van der Waals surface area contributed by atoms with E-state index >= 15 is 0 Å². The summed E-state index contributed by atoms with van der Waals surface area (Å²) in [5, 5.41) is 3.87. The highest BCUT2D eigenvalue weighted by Gasteiger charge is 2.19. The average Bonchev–Trinajstić information content (AvgIpc) is 2.66. The van der Waals surface area contributed by atoms with Crippen molar-refractivity contribution in [2.24, 2.45) is 0 Å². The number of nitrogens with zero attached hydrogens (tertiary/aromatic N) is 2. The van der Waals surface area contributed by atoms with Crippen LogP contribution in [0.3, 0.4) is 0 Å². The van der Waals surface area contributed by atoms with Crippen molar-refractivity contribution in [3.8, 4) is 0 Å². The Balaban J connectivity index is 1.40. The van der Waals surface area contributed by atoms with Crippen molar-refractivity contribution in [1.29, 1.82) is 0 Å². The van der Waals surface area contributed by atoms with Crippen LogP contribution in [0.5, 0.6) is 0 Å². The van der Waals surface area contributed by atoms with Gasteiger partial charge in [-0.25, -0.2) is 0 Å². The van der Waals surface area contributed by atoms with Gasteiger partial charge in [0, 0.05) is 37.7 Å². The van der Waals surface area contributed by atoms with Crippen LogP contribution in [-0.2, 0) is 11.3 Å². The van der Waals surface area contributed by atoms with E-state index in [0.29, 0.717) is 6.54 Å². The smallest absolute Gasteiger partial charge is 0.234 e. The lowest BCUT2D eigenvalue weighted by molar-refractivity contribution is -0.123. The molecular weight excluding hydrogens is 346 g/mol. The maximum Gasteiger partial charge on any atom is 0.234 e. The fraction of sp³-hybridized carbons (Fsp3) is 0.381. The van der Waals surface area contributed by atoms with Gasteiger partial charge in [-0.1, -0.05) is 54.1 Å². The van der Waals surface area contributed by atoms with E-state index in [1.54, 1.807) is 0 Å². The van der Waals surface area contributed by atoms with Gasteiger partial charge in [-0.15, -0.1) is 0 Å². The minimum absolute atomic E-state index is 0.0369. The molecule has 1 aliphatic heterocycles. The van der Waals surface area contributed by atoms with Gasteiger partial charge >= 0.3 is 0 Å². The first kappa shape index (κ1) is 18.9. The van der Waals surface area contributed by atoms with E-state index in [9.17, 15) is 4.79 Å². The van der Waals surface area contributed by atoms with Gasteiger partial charge in [-0.3, -0.25) is 14.6 Å². The highest BCUT2D eigenvalue weighted by Crippen LogP contribution is 2.13. The van der Waals surface area contributed by atoms with Gasteiger partial charge in [0.2, 0.25) is 5.91 Å². The van der Waals surface area contributed by atoms with Crippen molar-refractivity contribution in [3.63, 3.8) is 0 Å². The predicted octanol–water partition coefficient (Wildman–Crippen LogP) is 3.34. The summed E-state index contributed by atoms with van der Waals surface area (Å²) in [5.74, 6) is 0.0903. The molecule has 0 aliphatic carbocycles. The second-order valence-corrected chi connectivity index (χ2v) is 7.32. The molecule has 1 atom stereocenters. The van der Waals surface area contributed by atoms with Gasteiger partial charge in [0.15, 0.2) is 0 Å². The summed E-state index contributed by atoms with van der Waals surface area (Å²) in [6.07, 6.45) is 0.